The van der Waals surface area contributed by atoms with Crippen LogP contribution in [-0.2, 0) is 4.74 Å². The lowest BCUT2D eigenvalue weighted by molar-refractivity contribution is 0.107. The van der Waals surface area contributed by atoms with Gasteiger partial charge in [0.2, 0.25) is 0 Å². The van der Waals surface area contributed by atoms with Crippen LogP contribution in [0.5, 0.6) is 0 Å². The minimum absolute atomic E-state index is 0.173. The molecule has 1 fully saturated rings. The number of nitrogens with zero attached hydrogens (tertiary/aromatic N) is 1. The van der Waals surface area contributed by atoms with Gasteiger partial charge >= 0.3 is 0 Å². The first kappa shape index (κ1) is 12.0. The molecule has 0 aromatic rings. The van der Waals surface area contributed by atoms with Gasteiger partial charge in [0.25, 0.3) is 0 Å². The second kappa shape index (κ2) is 6.38. The Kier molecular flexibility index (Phi) is 5.45. The van der Waals surface area contributed by atoms with Crippen molar-refractivity contribution in [2.24, 2.45) is 5.73 Å². The third-order valence-corrected chi connectivity index (χ3v) is 3.07. The fourth-order valence-corrected chi connectivity index (χ4v) is 2.33. The molecule has 0 radical (unpaired) electrons. The molecule has 0 amide bonds. The lowest BCUT2D eigenvalue weighted by atomic mass is 9.99. The summed E-state index contributed by atoms with van der Waals surface area (Å²) in [7, 11) is 1.72. The molecule has 1 aliphatic rings. The summed E-state index contributed by atoms with van der Waals surface area (Å²) in [6, 6.07) is 0.929. The third kappa shape index (κ3) is 3.56. The Balaban J connectivity index is 2.32. The fourth-order valence-electron chi connectivity index (χ4n) is 2.33. The quantitative estimate of drug-likeness (QED) is 0.725. The van der Waals surface area contributed by atoms with Gasteiger partial charge in [-0.25, -0.2) is 0 Å². The molecule has 14 heavy (non-hydrogen) atoms. The smallest absolute Gasteiger partial charge is 0.0626 e. The predicted molar refractivity (Wildman–Crippen MR) is 59.4 cm³/mol. The highest BCUT2D eigenvalue weighted by atomic mass is 16.5. The molecule has 3 heteroatoms. The van der Waals surface area contributed by atoms with Gasteiger partial charge in [-0.15, -0.1) is 0 Å². The molecule has 2 N–H and O–H groups in total. The van der Waals surface area contributed by atoms with Crippen LogP contribution in [0.15, 0.2) is 0 Å². The highest BCUT2D eigenvalue weighted by Gasteiger charge is 2.21. The van der Waals surface area contributed by atoms with Crippen LogP contribution in [0.3, 0.4) is 0 Å². The van der Waals surface area contributed by atoms with E-state index in [4.69, 9.17) is 10.5 Å². The van der Waals surface area contributed by atoms with Crippen LogP contribution in [0.4, 0.5) is 0 Å². The first-order valence-corrected chi connectivity index (χ1v) is 5.76. The van der Waals surface area contributed by atoms with Crippen LogP contribution in [-0.4, -0.2) is 43.8 Å². The van der Waals surface area contributed by atoms with Gasteiger partial charge in [-0.2, -0.15) is 0 Å². The number of ether oxygens (including phenoxy) is 1. The van der Waals surface area contributed by atoms with Gasteiger partial charge in [-0.1, -0.05) is 13.3 Å². The fraction of sp³-hybridized carbons (Fsp3) is 1.00. The van der Waals surface area contributed by atoms with Crippen molar-refractivity contribution in [3.63, 3.8) is 0 Å². The largest absolute Gasteiger partial charge is 0.383 e. The topological polar surface area (TPSA) is 38.5 Å². The van der Waals surface area contributed by atoms with Gasteiger partial charge in [-0.3, -0.25) is 4.90 Å². The summed E-state index contributed by atoms with van der Waals surface area (Å²) in [5.41, 5.74) is 5.97. The van der Waals surface area contributed by atoms with E-state index in [-0.39, 0.29) is 6.04 Å². The molecule has 1 rings (SSSR count). The van der Waals surface area contributed by atoms with Gasteiger partial charge in [0.15, 0.2) is 0 Å². The summed E-state index contributed by atoms with van der Waals surface area (Å²) in [6.07, 6.45) is 5.31. The van der Waals surface area contributed by atoms with Gasteiger partial charge in [0.05, 0.1) is 6.61 Å². The lowest BCUT2D eigenvalue weighted by Crippen LogP contribution is -2.47. The number of hydrogen-bond acceptors (Lipinski definition) is 3. The van der Waals surface area contributed by atoms with Crippen LogP contribution >= 0.6 is 0 Å². The maximum absolute atomic E-state index is 5.97. The molecule has 0 aliphatic carbocycles. The van der Waals surface area contributed by atoms with Crippen LogP contribution in [0.2, 0.25) is 0 Å². The van der Waals surface area contributed by atoms with Crippen molar-refractivity contribution < 1.29 is 4.74 Å². The molecular weight excluding hydrogens is 176 g/mol. The van der Waals surface area contributed by atoms with Crippen molar-refractivity contribution in [2.45, 2.75) is 44.7 Å². The summed E-state index contributed by atoms with van der Waals surface area (Å²) in [5, 5.41) is 0. The minimum atomic E-state index is 0.173. The second-order valence-corrected chi connectivity index (χ2v) is 4.27. The molecule has 0 bridgehead atoms. The average Bonchev–Trinajstić information content (AvgIpc) is 2.19. The van der Waals surface area contributed by atoms with E-state index in [9.17, 15) is 0 Å². The molecule has 0 spiro atoms. The summed E-state index contributed by atoms with van der Waals surface area (Å²) >= 11 is 0. The van der Waals surface area contributed by atoms with Gasteiger partial charge in [0, 0.05) is 25.7 Å². The van der Waals surface area contributed by atoms with Gasteiger partial charge < -0.3 is 10.5 Å². The zero-order valence-corrected chi connectivity index (χ0v) is 9.54. The van der Waals surface area contributed by atoms with Crippen molar-refractivity contribution in [2.75, 3.05) is 26.8 Å². The Morgan fingerprint density at radius 2 is 2.29 bits per heavy atom. The van der Waals surface area contributed by atoms with E-state index >= 15 is 0 Å². The Labute approximate surface area is 87.6 Å². The Morgan fingerprint density at radius 3 is 2.93 bits per heavy atom. The molecule has 0 saturated carbocycles. The first-order valence-electron chi connectivity index (χ1n) is 5.76. The van der Waals surface area contributed by atoms with E-state index in [1.165, 1.54) is 32.2 Å². The molecule has 2 unspecified atom stereocenters. The minimum Gasteiger partial charge on any atom is -0.383 e. The number of nitrogens with two attached hydrogens (primary N) is 1. The van der Waals surface area contributed by atoms with E-state index in [2.05, 4.69) is 11.8 Å². The van der Waals surface area contributed by atoms with Crippen molar-refractivity contribution >= 4 is 0 Å². The van der Waals surface area contributed by atoms with E-state index in [1.807, 2.05) is 0 Å². The van der Waals surface area contributed by atoms with E-state index in [1.54, 1.807) is 7.11 Å². The summed E-state index contributed by atoms with van der Waals surface area (Å²) in [4.78, 5) is 2.53. The summed E-state index contributed by atoms with van der Waals surface area (Å²) in [5.74, 6) is 0. The number of likely N-dealkylation sites (tertiary alicyclic amines) is 1. The van der Waals surface area contributed by atoms with E-state index < -0.39 is 0 Å². The third-order valence-electron chi connectivity index (χ3n) is 3.07. The highest BCUT2D eigenvalue weighted by molar-refractivity contribution is 4.78. The molecule has 0 aromatic carbocycles. The zero-order chi connectivity index (χ0) is 10.4. The van der Waals surface area contributed by atoms with E-state index in [0.717, 1.165) is 12.6 Å². The van der Waals surface area contributed by atoms with Crippen LogP contribution in [0.1, 0.15) is 32.6 Å². The number of piperidine rings is 1. The summed E-state index contributed by atoms with van der Waals surface area (Å²) in [6.45, 7) is 5.15. The van der Waals surface area contributed by atoms with Gasteiger partial charge in [0.1, 0.15) is 0 Å². The van der Waals surface area contributed by atoms with E-state index in [0.29, 0.717) is 6.61 Å². The number of rotatable bonds is 5. The Morgan fingerprint density at radius 1 is 1.50 bits per heavy atom. The van der Waals surface area contributed by atoms with Crippen molar-refractivity contribution in [3.8, 4) is 0 Å². The second-order valence-electron chi connectivity index (χ2n) is 4.27. The molecule has 0 aromatic heterocycles. The van der Waals surface area contributed by atoms with Crippen molar-refractivity contribution in [1.29, 1.82) is 0 Å². The van der Waals surface area contributed by atoms with Crippen molar-refractivity contribution in [3.05, 3.63) is 0 Å². The molecule has 1 saturated heterocycles. The first-order chi connectivity index (χ1) is 6.77. The van der Waals surface area contributed by atoms with Gasteiger partial charge in [-0.05, 0) is 25.8 Å². The Bertz CT molecular complexity index is 152. The van der Waals surface area contributed by atoms with Crippen LogP contribution in [0.25, 0.3) is 0 Å². The molecule has 2 atom stereocenters. The predicted octanol–water partition coefficient (Wildman–Crippen LogP) is 1.22. The average molecular weight is 200 g/mol. The number of methoxy groups -OCH3 is 1. The zero-order valence-electron chi connectivity index (χ0n) is 9.54. The molecular formula is C11H24N2O. The maximum Gasteiger partial charge on any atom is 0.0626 e. The van der Waals surface area contributed by atoms with Crippen molar-refractivity contribution in [1.82, 2.24) is 4.90 Å². The SMILES string of the molecule is CCC1CCCCN1CC(N)COC. The monoisotopic (exact) mass is 200 g/mol. The maximum atomic E-state index is 5.97. The highest BCUT2D eigenvalue weighted by Crippen LogP contribution is 2.19. The Hall–Kier alpha value is -0.120. The van der Waals surface area contributed by atoms with Crippen LogP contribution < -0.4 is 5.73 Å². The molecule has 3 nitrogen and oxygen atoms in total. The van der Waals surface area contributed by atoms with Crippen LogP contribution in [0, 0.1) is 0 Å². The molecule has 84 valence electrons. The molecule has 1 heterocycles. The lowest BCUT2D eigenvalue weighted by Gasteiger charge is -2.36. The number of hydrogen-bond donors (Lipinski definition) is 1. The normalized spacial score (nSPS) is 26.4. The summed E-state index contributed by atoms with van der Waals surface area (Å²) < 4.78 is 5.06. The standard InChI is InChI=1S/C11H24N2O/c1-3-11-6-4-5-7-13(11)8-10(12)9-14-2/h10-11H,3-9,12H2,1-2H3. The molecule has 1 aliphatic heterocycles.